The Morgan fingerprint density at radius 1 is 1.70 bits per heavy atom. The highest BCUT2D eigenvalue weighted by molar-refractivity contribution is 5.86. The van der Waals surface area contributed by atoms with E-state index in [4.69, 9.17) is 10.8 Å². The highest BCUT2D eigenvalue weighted by atomic mass is 16.4. The summed E-state index contributed by atoms with van der Waals surface area (Å²) in [5.41, 5.74) is 5.56. The van der Waals surface area contributed by atoms with Gasteiger partial charge in [-0.25, -0.2) is 4.79 Å². The molecule has 0 aliphatic carbocycles. The third-order valence-corrected chi connectivity index (χ3v) is 1.21. The Morgan fingerprint density at radius 2 is 2.20 bits per heavy atom. The van der Waals surface area contributed by atoms with E-state index in [0.717, 1.165) is 0 Å². The highest BCUT2D eigenvalue weighted by Gasteiger charge is 2.09. The Bertz CT molecular complexity index is 150. The fourth-order valence-corrected chi connectivity index (χ4v) is 0.697. The van der Waals surface area contributed by atoms with E-state index >= 15 is 0 Å². The van der Waals surface area contributed by atoms with Gasteiger partial charge >= 0.3 is 5.97 Å². The first-order valence-electron chi connectivity index (χ1n) is 3.23. The lowest BCUT2D eigenvalue weighted by Crippen LogP contribution is -2.09. The molecule has 0 rings (SSSR count). The van der Waals surface area contributed by atoms with Gasteiger partial charge in [0.2, 0.25) is 0 Å². The lowest BCUT2D eigenvalue weighted by Gasteiger charge is -2.03. The highest BCUT2D eigenvalue weighted by Crippen LogP contribution is 2.07. The minimum atomic E-state index is -0.875. The Balaban J connectivity index is 4.27. The van der Waals surface area contributed by atoms with Gasteiger partial charge in [0.15, 0.2) is 0 Å². The van der Waals surface area contributed by atoms with Crippen molar-refractivity contribution in [1.29, 1.82) is 0 Å². The van der Waals surface area contributed by atoms with Crippen LogP contribution >= 0.6 is 0 Å². The Hall–Kier alpha value is -0.830. The second-order valence-corrected chi connectivity index (χ2v) is 2.36. The first-order valence-corrected chi connectivity index (χ1v) is 3.23. The van der Waals surface area contributed by atoms with Crippen molar-refractivity contribution < 1.29 is 9.90 Å². The third-order valence-electron chi connectivity index (χ3n) is 1.21. The van der Waals surface area contributed by atoms with E-state index in [9.17, 15) is 4.79 Å². The lowest BCUT2D eigenvalue weighted by molar-refractivity contribution is -0.133. The van der Waals surface area contributed by atoms with E-state index in [1.54, 1.807) is 0 Å². The SMILES string of the molecule is CC(C)C(=CCN)C(=O)O. The summed E-state index contributed by atoms with van der Waals surface area (Å²) in [6, 6.07) is 0. The predicted molar refractivity (Wildman–Crippen MR) is 39.6 cm³/mol. The molecule has 0 atom stereocenters. The van der Waals surface area contributed by atoms with Gasteiger partial charge in [-0.2, -0.15) is 0 Å². The smallest absolute Gasteiger partial charge is 0.331 e. The second-order valence-electron chi connectivity index (χ2n) is 2.36. The molecule has 0 aromatic rings. The van der Waals surface area contributed by atoms with Crippen molar-refractivity contribution in [2.45, 2.75) is 13.8 Å². The molecule has 0 bridgehead atoms. The molecule has 10 heavy (non-hydrogen) atoms. The Morgan fingerprint density at radius 3 is 2.30 bits per heavy atom. The molecule has 0 radical (unpaired) electrons. The summed E-state index contributed by atoms with van der Waals surface area (Å²) < 4.78 is 0. The minimum absolute atomic E-state index is 0.0426. The maximum absolute atomic E-state index is 10.4. The summed E-state index contributed by atoms with van der Waals surface area (Å²) in [6.45, 7) is 3.95. The average Bonchev–Trinajstić information content (AvgIpc) is 1.81. The monoisotopic (exact) mass is 143 g/mol. The Kier molecular flexibility index (Phi) is 3.72. The zero-order valence-electron chi connectivity index (χ0n) is 6.29. The van der Waals surface area contributed by atoms with E-state index in [1.165, 1.54) is 6.08 Å². The third kappa shape index (κ3) is 2.64. The van der Waals surface area contributed by atoms with Gasteiger partial charge in [-0.3, -0.25) is 0 Å². The van der Waals surface area contributed by atoms with E-state index in [-0.39, 0.29) is 5.92 Å². The number of aliphatic carboxylic acids is 1. The number of rotatable bonds is 3. The predicted octanol–water partition coefficient (Wildman–Crippen LogP) is 0.612. The number of hydrogen-bond donors (Lipinski definition) is 2. The number of hydrogen-bond acceptors (Lipinski definition) is 2. The summed E-state index contributed by atoms with van der Waals surface area (Å²) in [7, 11) is 0. The van der Waals surface area contributed by atoms with Gasteiger partial charge in [0.1, 0.15) is 0 Å². The topological polar surface area (TPSA) is 63.3 Å². The van der Waals surface area contributed by atoms with Crippen LogP contribution in [-0.4, -0.2) is 17.6 Å². The molecular formula is C7H13NO2. The van der Waals surface area contributed by atoms with E-state index in [1.807, 2.05) is 13.8 Å². The van der Waals surface area contributed by atoms with E-state index < -0.39 is 5.97 Å². The van der Waals surface area contributed by atoms with Crippen LogP contribution in [0, 0.1) is 5.92 Å². The molecule has 0 aromatic carbocycles. The fraction of sp³-hybridized carbons (Fsp3) is 0.571. The van der Waals surface area contributed by atoms with Crippen LogP contribution in [0.4, 0.5) is 0 Å². The normalized spacial score (nSPS) is 12.2. The van der Waals surface area contributed by atoms with E-state index in [2.05, 4.69) is 0 Å². The standard InChI is InChI=1S/C7H13NO2/c1-5(2)6(3-4-8)7(9)10/h3,5H,4,8H2,1-2H3,(H,9,10). The zero-order chi connectivity index (χ0) is 8.15. The molecule has 3 heteroatoms. The van der Waals surface area contributed by atoms with Crippen LogP contribution in [0.1, 0.15) is 13.8 Å². The van der Waals surface area contributed by atoms with Crippen LogP contribution in [0.15, 0.2) is 11.6 Å². The largest absolute Gasteiger partial charge is 0.478 e. The second kappa shape index (κ2) is 4.06. The molecule has 0 aliphatic rings. The summed E-state index contributed by atoms with van der Waals surface area (Å²) in [6.07, 6.45) is 1.53. The average molecular weight is 143 g/mol. The molecule has 0 amide bonds. The van der Waals surface area contributed by atoms with Crippen LogP contribution in [0.25, 0.3) is 0 Å². The maximum atomic E-state index is 10.4. The van der Waals surface area contributed by atoms with Gasteiger partial charge in [0.05, 0.1) is 0 Å². The number of carbonyl (C=O) groups is 1. The first kappa shape index (κ1) is 9.17. The van der Waals surface area contributed by atoms with Crippen molar-refractivity contribution in [3.05, 3.63) is 11.6 Å². The molecule has 0 spiro atoms. The maximum Gasteiger partial charge on any atom is 0.331 e. The van der Waals surface area contributed by atoms with Gasteiger partial charge in [-0.15, -0.1) is 0 Å². The molecule has 3 N–H and O–H groups in total. The minimum Gasteiger partial charge on any atom is -0.478 e. The lowest BCUT2D eigenvalue weighted by atomic mass is 10.0. The molecule has 0 saturated heterocycles. The molecular weight excluding hydrogens is 130 g/mol. The first-order chi connectivity index (χ1) is 4.59. The molecule has 3 nitrogen and oxygen atoms in total. The molecule has 0 aliphatic heterocycles. The van der Waals surface area contributed by atoms with Gasteiger partial charge < -0.3 is 10.8 Å². The fourth-order valence-electron chi connectivity index (χ4n) is 0.697. The molecule has 58 valence electrons. The van der Waals surface area contributed by atoms with Crippen LogP contribution in [0.5, 0.6) is 0 Å². The molecule has 0 saturated carbocycles. The van der Waals surface area contributed by atoms with Crippen molar-refractivity contribution in [1.82, 2.24) is 0 Å². The molecule has 0 unspecified atom stereocenters. The zero-order valence-corrected chi connectivity index (χ0v) is 6.29. The molecule has 0 heterocycles. The van der Waals surface area contributed by atoms with Gasteiger partial charge in [0, 0.05) is 12.1 Å². The quantitative estimate of drug-likeness (QED) is 0.569. The van der Waals surface area contributed by atoms with E-state index in [0.29, 0.717) is 12.1 Å². The van der Waals surface area contributed by atoms with Crippen molar-refractivity contribution in [3.8, 4) is 0 Å². The summed E-state index contributed by atoms with van der Waals surface area (Å²) >= 11 is 0. The number of nitrogens with two attached hydrogens (primary N) is 1. The van der Waals surface area contributed by atoms with Gasteiger partial charge in [-0.1, -0.05) is 19.9 Å². The number of carboxylic acids is 1. The molecule has 0 fully saturated rings. The van der Waals surface area contributed by atoms with Crippen molar-refractivity contribution in [3.63, 3.8) is 0 Å². The van der Waals surface area contributed by atoms with Crippen LogP contribution in [-0.2, 0) is 4.79 Å². The van der Waals surface area contributed by atoms with Crippen molar-refractivity contribution >= 4 is 5.97 Å². The number of carboxylic acid groups (broad SMARTS) is 1. The summed E-state index contributed by atoms with van der Waals surface area (Å²) in [5, 5.41) is 8.55. The molecule has 0 aromatic heterocycles. The van der Waals surface area contributed by atoms with Crippen molar-refractivity contribution in [2.75, 3.05) is 6.54 Å². The van der Waals surface area contributed by atoms with Crippen LogP contribution < -0.4 is 5.73 Å². The van der Waals surface area contributed by atoms with Crippen LogP contribution in [0.3, 0.4) is 0 Å². The van der Waals surface area contributed by atoms with Crippen molar-refractivity contribution in [2.24, 2.45) is 11.7 Å². The Labute approximate surface area is 60.5 Å². The van der Waals surface area contributed by atoms with Gasteiger partial charge in [0.25, 0.3) is 0 Å². The van der Waals surface area contributed by atoms with Crippen LogP contribution in [0.2, 0.25) is 0 Å². The van der Waals surface area contributed by atoms with Gasteiger partial charge in [-0.05, 0) is 5.92 Å². The summed E-state index contributed by atoms with van der Waals surface area (Å²) in [4.78, 5) is 10.4. The summed E-state index contributed by atoms with van der Waals surface area (Å²) in [5.74, 6) is -0.832.